The molecule has 0 aromatic heterocycles. The molecule has 0 heterocycles. The zero-order chi connectivity index (χ0) is 10.6. The Labute approximate surface area is 81.2 Å². The van der Waals surface area contributed by atoms with Crippen molar-refractivity contribution in [2.45, 2.75) is 6.42 Å². The van der Waals surface area contributed by atoms with Gasteiger partial charge in [0.1, 0.15) is 0 Å². The Morgan fingerprint density at radius 2 is 2.21 bits per heavy atom. The van der Waals surface area contributed by atoms with Gasteiger partial charge in [0.2, 0.25) is 0 Å². The molecule has 0 saturated heterocycles. The fourth-order valence-corrected chi connectivity index (χ4v) is 1.18. The Balaban J connectivity index is 2.95. The van der Waals surface area contributed by atoms with Gasteiger partial charge in [-0.05, 0) is 30.2 Å². The van der Waals surface area contributed by atoms with Crippen molar-refractivity contribution in [3.05, 3.63) is 23.8 Å². The standard InChI is InChI=1S/C9H12N2O3/c10-7-1-2-8(11-9(13)14)6(5-7)3-4-12/h1-2,5,11-12H,3-4,10H2,(H,13,14). The molecule has 5 heteroatoms. The molecular weight excluding hydrogens is 184 g/mol. The van der Waals surface area contributed by atoms with Gasteiger partial charge in [0.05, 0.1) is 0 Å². The number of amides is 1. The summed E-state index contributed by atoms with van der Waals surface area (Å²) < 4.78 is 0. The molecule has 0 unspecified atom stereocenters. The predicted molar refractivity (Wildman–Crippen MR) is 53.3 cm³/mol. The van der Waals surface area contributed by atoms with E-state index in [9.17, 15) is 4.79 Å². The van der Waals surface area contributed by atoms with Crippen molar-refractivity contribution in [1.29, 1.82) is 0 Å². The van der Waals surface area contributed by atoms with Crippen LogP contribution in [0.2, 0.25) is 0 Å². The van der Waals surface area contributed by atoms with E-state index >= 15 is 0 Å². The maximum Gasteiger partial charge on any atom is 0.409 e. The molecule has 1 amide bonds. The highest BCUT2D eigenvalue weighted by Crippen LogP contribution is 2.19. The van der Waals surface area contributed by atoms with Crippen LogP contribution in [0.25, 0.3) is 0 Å². The summed E-state index contributed by atoms with van der Waals surface area (Å²) in [5.41, 5.74) is 7.23. The molecule has 0 atom stereocenters. The zero-order valence-electron chi connectivity index (χ0n) is 7.53. The second kappa shape index (κ2) is 4.48. The van der Waals surface area contributed by atoms with Crippen molar-refractivity contribution in [2.24, 2.45) is 0 Å². The van der Waals surface area contributed by atoms with Gasteiger partial charge in [-0.2, -0.15) is 0 Å². The molecule has 1 aromatic rings. The molecular formula is C9H12N2O3. The fourth-order valence-electron chi connectivity index (χ4n) is 1.18. The van der Waals surface area contributed by atoms with Gasteiger partial charge in [-0.1, -0.05) is 0 Å². The molecule has 1 rings (SSSR count). The van der Waals surface area contributed by atoms with Crippen LogP contribution >= 0.6 is 0 Å². The lowest BCUT2D eigenvalue weighted by Crippen LogP contribution is -2.10. The minimum absolute atomic E-state index is 0.0439. The predicted octanol–water partition coefficient (Wildman–Crippen LogP) is 0.894. The highest BCUT2D eigenvalue weighted by atomic mass is 16.4. The molecule has 0 radical (unpaired) electrons. The zero-order valence-corrected chi connectivity index (χ0v) is 7.53. The molecule has 0 aliphatic rings. The third-order valence-corrected chi connectivity index (χ3v) is 1.75. The minimum Gasteiger partial charge on any atom is -0.465 e. The van der Waals surface area contributed by atoms with Crippen molar-refractivity contribution in [3.63, 3.8) is 0 Å². The molecule has 76 valence electrons. The van der Waals surface area contributed by atoms with Gasteiger partial charge in [-0.25, -0.2) is 4.79 Å². The normalized spacial score (nSPS) is 9.79. The maximum absolute atomic E-state index is 10.4. The van der Waals surface area contributed by atoms with Gasteiger partial charge in [0, 0.05) is 18.0 Å². The van der Waals surface area contributed by atoms with E-state index in [-0.39, 0.29) is 6.61 Å². The summed E-state index contributed by atoms with van der Waals surface area (Å²) in [6.07, 6.45) is -0.755. The third-order valence-electron chi connectivity index (χ3n) is 1.75. The monoisotopic (exact) mass is 196 g/mol. The number of hydrogen-bond acceptors (Lipinski definition) is 3. The van der Waals surface area contributed by atoms with Gasteiger partial charge in [0.25, 0.3) is 0 Å². The molecule has 0 spiro atoms. The minimum atomic E-state index is -1.13. The topological polar surface area (TPSA) is 95.6 Å². The Bertz CT molecular complexity index is 339. The van der Waals surface area contributed by atoms with Crippen molar-refractivity contribution in [1.82, 2.24) is 0 Å². The van der Waals surface area contributed by atoms with Crippen LogP contribution in [0.5, 0.6) is 0 Å². The van der Waals surface area contributed by atoms with Gasteiger partial charge in [-0.15, -0.1) is 0 Å². The first-order valence-electron chi connectivity index (χ1n) is 4.12. The molecule has 14 heavy (non-hydrogen) atoms. The summed E-state index contributed by atoms with van der Waals surface area (Å²) in [6, 6.07) is 4.82. The first-order chi connectivity index (χ1) is 6.63. The summed E-state index contributed by atoms with van der Waals surface area (Å²) in [5, 5.41) is 19.5. The van der Waals surface area contributed by atoms with Crippen molar-refractivity contribution in [3.8, 4) is 0 Å². The lowest BCUT2D eigenvalue weighted by atomic mass is 10.1. The summed E-state index contributed by atoms with van der Waals surface area (Å²) >= 11 is 0. The fraction of sp³-hybridized carbons (Fsp3) is 0.222. The lowest BCUT2D eigenvalue weighted by molar-refractivity contribution is 0.209. The highest BCUT2D eigenvalue weighted by molar-refractivity contribution is 5.84. The van der Waals surface area contributed by atoms with Crippen molar-refractivity contribution < 1.29 is 15.0 Å². The molecule has 5 N–H and O–H groups in total. The van der Waals surface area contributed by atoms with Crippen LogP contribution < -0.4 is 11.1 Å². The van der Waals surface area contributed by atoms with E-state index in [1.807, 2.05) is 0 Å². The van der Waals surface area contributed by atoms with Crippen LogP contribution in [-0.2, 0) is 6.42 Å². The van der Waals surface area contributed by atoms with E-state index in [2.05, 4.69) is 5.32 Å². The first-order valence-corrected chi connectivity index (χ1v) is 4.12. The SMILES string of the molecule is Nc1ccc(NC(=O)O)c(CCO)c1. The van der Waals surface area contributed by atoms with Gasteiger partial charge < -0.3 is 15.9 Å². The number of nitrogens with one attached hydrogen (secondary N) is 1. The van der Waals surface area contributed by atoms with Crippen LogP contribution in [-0.4, -0.2) is 22.9 Å². The van der Waals surface area contributed by atoms with Gasteiger partial charge >= 0.3 is 6.09 Å². The molecule has 0 bridgehead atoms. The Morgan fingerprint density at radius 1 is 1.50 bits per heavy atom. The molecule has 5 nitrogen and oxygen atoms in total. The van der Waals surface area contributed by atoms with Gasteiger partial charge in [-0.3, -0.25) is 5.32 Å². The summed E-state index contributed by atoms with van der Waals surface area (Å²) in [5.74, 6) is 0. The molecule has 0 saturated carbocycles. The van der Waals surface area contributed by atoms with Crippen molar-refractivity contribution in [2.75, 3.05) is 17.7 Å². The Kier molecular flexibility index (Phi) is 3.30. The molecule has 0 fully saturated rings. The largest absolute Gasteiger partial charge is 0.465 e. The average Bonchev–Trinajstić information content (AvgIpc) is 2.09. The number of benzene rings is 1. The average molecular weight is 196 g/mol. The second-order valence-corrected chi connectivity index (χ2v) is 2.82. The van der Waals surface area contributed by atoms with E-state index in [1.165, 1.54) is 0 Å². The quantitative estimate of drug-likeness (QED) is 0.540. The maximum atomic E-state index is 10.4. The van der Waals surface area contributed by atoms with Crippen molar-refractivity contribution >= 4 is 17.5 Å². The number of aliphatic hydroxyl groups excluding tert-OH is 1. The van der Waals surface area contributed by atoms with Crippen LogP contribution in [0.3, 0.4) is 0 Å². The van der Waals surface area contributed by atoms with E-state index in [1.54, 1.807) is 18.2 Å². The smallest absolute Gasteiger partial charge is 0.409 e. The number of hydrogen-bond donors (Lipinski definition) is 4. The number of aliphatic hydroxyl groups is 1. The first kappa shape index (κ1) is 10.3. The number of anilines is 2. The molecule has 0 aliphatic carbocycles. The van der Waals surface area contributed by atoms with E-state index in [0.29, 0.717) is 23.4 Å². The highest BCUT2D eigenvalue weighted by Gasteiger charge is 2.05. The summed E-state index contributed by atoms with van der Waals surface area (Å²) in [4.78, 5) is 10.4. The van der Waals surface area contributed by atoms with Gasteiger partial charge in [0.15, 0.2) is 0 Å². The number of rotatable bonds is 3. The Hall–Kier alpha value is -1.75. The van der Waals surface area contributed by atoms with E-state index < -0.39 is 6.09 Å². The van der Waals surface area contributed by atoms with E-state index in [0.717, 1.165) is 0 Å². The van der Waals surface area contributed by atoms with Crippen LogP contribution in [0.4, 0.5) is 16.2 Å². The third kappa shape index (κ3) is 2.63. The number of carbonyl (C=O) groups is 1. The van der Waals surface area contributed by atoms with Crippen LogP contribution in [0.15, 0.2) is 18.2 Å². The Morgan fingerprint density at radius 3 is 2.79 bits per heavy atom. The number of carboxylic acid groups (broad SMARTS) is 1. The molecule has 1 aromatic carbocycles. The van der Waals surface area contributed by atoms with E-state index in [4.69, 9.17) is 15.9 Å². The lowest BCUT2D eigenvalue weighted by Gasteiger charge is -2.08. The summed E-state index contributed by atoms with van der Waals surface area (Å²) in [6.45, 7) is -0.0439. The number of nitrogens with two attached hydrogens (primary N) is 1. The number of nitrogen functional groups attached to an aromatic ring is 1. The second-order valence-electron chi connectivity index (χ2n) is 2.82. The van der Waals surface area contributed by atoms with Crippen LogP contribution in [0, 0.1) is 0 Å². The summed E-state index contributed by atoms with van der Waals surface area (Å²) in [7, 11) is 0. The molecule has 0 aliphatic heterocycles. The van der Waals surface area contributed by atoms with Crippen LogP contribution in [0.1, 0.15) is 5.56 Å².